The van der Waals surface area contributed by atoms with Gasteiger partial charge in [-0.15, -0.1) is 0 Å². The molecule has 0 aliphatic heterocycles. The largest absolute Gasteiger partial charge is 0.370 e. The van der Waals surface area contributed by atoms with Crippen LogP contribution in [0, 0.1) is 0 Å². The summed E-state index contributed by atoms with van der Waals surface area (Å²) in [7, 11) is 0. The van der Waals surface area contributed by atoms with E-state index in [1.165, 1.54) is 0 Å². The number of rotatable bonds is 5. The predicted octanol–water partition coefficient (Wildman–Crippen LogP) is -1.65. The summed E-state index contributed by atoms with van der Waals surface area (Å²) < 4.78 is 0. The second-order valence-corrected chi connectivity index (χ2v) is 2.11. The number of primary amides is 1. The predicted molar refractivity (Wildman–Crippen MR) is 37.5 cm³/mol. The third kappa shape index (κ3) is 4.21. The third-order valence-corrected chi connectivity index (χ3v) is 1.12. The fraction of sp³-hybridized carbons (Fsp3) is 0.500. The molecule has 4 N–H and O–H groups in total. The Morgan fingerprint density at radius 2 is 2.00 bits per heavy atom. The minimum atomic E-state index is -0.933. The van der Waals surface area contributed by atoms with Crippen LogP contribution in [0.1, 0.15) is 12.8 Å². The van der Waals surface area contributed by atoms with E-state index in [9.17, 15) is 14.4 Å². The smallest absolute Gasteiger partial charge is 0.219 e. The van der Waals surface area contributed by atoms with Crippen molar-refractivity contribution in [2.45, 2.75) is 18.9 Å². The molecule has 0 spiro atoms. The molecule has 5 nitrogen and oxygen atoms in total. The van der Waals surface area contributed by atoms with Crippen molar-refractivity contribution in [1.82, 2.24) is 0 Å². The standard InChI is InChI=1S/C6H10N2O3/c7-4(3-6(8)11)5(10)1-2-9/h2,4H,1,3,7H2,(H2,8,11)/t4-/m0/s1. The molecule has 0 saturated heterocycles. The Labute approximate surface area is 63.7 Å². The molecule has 0 aliphatic carbocycles. The number of aldehydes is 1. The number of amides is 1. The summed E-state index contributed by atoms with van der Waals surface area (Å²) in [4.78, 5) is 30.7. The van der Waals surface area contributed by atoms with Crippen molar-refractivity contribution >= 4 is 18.0 Å². The Bertz CT molecular complexity index is 179. The molecular weight excluding hydrogens is 148 g/mol. The Hall–Kier alpha value is -1.23. The lowest BCUT2D eigenvalue weighted by Crippen LogP contribution is -2.35. The molecule has 5 heteroatoms. The molecular formula is C6H10N2O3. The molecule has 0 aliphatic rings. The molecule has 1 amide bonds. The molecule has 0 aromatic heterocycles. The Kier molecular flexibility index (Phi) is 4.05. The lowest BCUT2D eigenvalue weighted by Gasteiger charge is -2.04. The van der Waals surface area contributed by atoms with Gasteiger partial charge in [0.2, 0.25) is 5.91 Å². The van der Waals surface area contributed by atoms with E-state index in [2.05, 4.69) is 0 Å². The zero-order valence-corrected chi connectivity index (χ0v) is 5.95. The maximum atomic E-state index is 10.7. The van der Waals surface area contributed by atoms with Crippen molar-refractivity contribution in [3.63, 3.8) is 0 Å². The van der Waals surface area contributed by atoms with Crippen molar-refractivity contribution in [2.24, 2.45) is 11.5 Å². The van der Waals surface area contributed by atoms with Crippen LogP contribution in [-0.2, 0) is 14.4 Å². The summed E-state index contributed by atoms with van der Waals surface area (Å²) >= 11 is 0. The molecule has 0 rings (SSSR count). The lowest BCUT2D eigenvalue weighted by molar-refractivity contribution is -0.126. The third-order valence-electron chi connectivity index (χ3n) is 1.12. The molecule has 0 radical (unpaired) electrons. The van der Waals surface area contributed by atoms with E-state index in [1.54, 1.807) is 0 Å². The van der Waals surface area contributed by atoms with Crippen LogP contribution >= 0.6 is 0 Å². The summed E-state index contributed by atoms with van der Waals surface area (Å²) in [6.07, 6.45) is -0.00962. The highest BCUT2D eigenvalue weighted by molar-refractivity contribution is 5.95. The first-order chi connectivity index (χ1) is 5.07. The second-order valence-electron chi connectivity index (χ2n) is 2.11. The number of Topliss-reactive ketones (excluding diaryl/α,β-unsaturated/α-hetero) is 1. The van der Waals surface area contributed by atoms with Crippen LogP contribution < -0.4 is 11.5 Å². The first kappa shape index (κ1) is 9.77. The van der Waals surface area contributed by atoms with Gasteiger partial charge in [-0.3, -0.25) is 9.59 Å². The maximum absolute atomic E-state index is 10.7. The molecule has 11 heavy (non-hydrogen) atoms. The zero-order valence-electron chi connectivity index (χ0n) is 5.95. The molecule has 0 aromatic carbocycles. The lowest BCUT2D eigenvalue weighted by atomic mass is 10.1. The van der Waals surface area contributed by atoms with E-state index in [4.69, 9.17) is 11.5 Å². The second kappa shape index (κ2) is 4.56. The topological polar surface area (TPSA) is 103 Å². The minimum Gasteiger partial charge on any atom is -0.370 e. The molecule has 0 heterocycles. The van der Waals surface area contributed by atoms with Gasteiger partial charge in [0.15, 0.2) is 5.78 Å². The fourth-order valence-electron chi connectivity index (χ4n) is 0.564. The van der Waals surface area contributed by atoms with Crippen molar-refractivity contribution in [3.8, 4) is 0 Å². The quantitative estimate of drug-likeness (QED) is 0.369. The number of hydrogen-bond donors (Lipinski definition) is 2. The molecule has 0 bridgehead atoms. The highest BCUT2D eigenvalue weighted by Gasteiger charge is 2.14. The van der Waals surface area contributed by atoms with Gasteiger partial charge in [-0.1, -0.05) is 0 Å². The normalized spacial score (nSPS) is 12.1. The Morgan fingerprint density at radius 3 is 2.36 bits per heavy atom. The van der Waals surface area contributed by atoms with Crippen LogP contribution in [0.5, 0.6) is 0 Å². The van der Waals surface area contributed by atoms with Crippen LogP contribution in [-0.4, -0.2) is 24.0 Å². The number of hydrogen-bond acceptors (Lipinski definition) is 4. The first-order valence-electron chi connectivity index (χ1n) is 3.08. The van der Waals surface area contributed by atoms with E-state index in [1.807, 2.05) is 0 Å². The molecule has 1 atom stereocenters. The van der Waals surface area contributed by atoms with E-state index >= 15 is 0 Å². The van der Waals surface area contributed by atoms with E-state index in [0.29, 0.717) is 6.29 Å². The average molecular weight is 158 g/mol. The Morgan fingerprint density at radius 1 is 1.45 bits per heavy atom. The zero-order chi connectivity index (χ0) is 8.85. The van der Waals surface area contributed by atoms with Crippen molar-refractivity contribution in [1.29, 1.82) is 0 Å². The number of ketones is 1. The van der Waals surface area contributed by atoms with Gasteiger partial charge in [0.1, 0.15) is 6.29 Å². The van der Waals surface area contributed by atoms with Crippen LogP contribution in [0.4, 0.5) is 0 Å². The summed E-state index contributed by atoms with van der Waals surface area (Å²) in [5, 5.41) is 0. The van der Waals surface area contributed by atoms with Gasteiger partial charge in [0, 0.05) is 6.42 Å². The summed E-state index contributed by atoms with van der Waals surface area (Å²) in [5.74, 6) is -1.10. The monoisotopic (exact) mass is 158 g/mol. The molecule has 0 fully saturated rings. The summed E-state index contributed by atoms with van der Waals surface area (Å²) in [5.41, 5.74) is 9.96. The van der Waals surface area contributed by atoms with Crippen molar-refractivity contribution in [2.75, 3.05) is 0 Å². The Balaban J connectivity index is 3.81. The fourth-order valence-corrected chi connectivity index (χ4v) is 0.564. The summed E-state index contributed by atoms with van der Waals surface area (Å²) in [6.45, 7) is 0. The van der Waals surface area contributed by atoms with E-state index in [0.717, 1.165) is 0 Å². The molecule has 0 aromatic rings. The highest BCUT2D eigenvalue weighted by Crippen LogP contribution is 1.91. The van der Waals surface area contributed by atoms with Gasteiger partial charge in [0.05, 0.1) is 12.5 Å². The van der Waals surface area contributed by atoms with Gasteiger partial charge in [-0.05, 0) is 0 Å². The molecule has 62 valence electrons. The maximum Gasteiger partial charge on any atom is 0.219 e. The van der Waals surface area contributed by atoms with Crippen LogP contribution in [0.15, 0.2) is 0 Å². The van der Waals surface area contributed by atoms with E-state index < -0.39 is 17.7 Å². The molecule has 0 saturated carbocycles. The summed E-state index contributed by atoms with van der Waals surface area (Å²) in [6, 6.07) is -0.933. The average Bonchev–Trinajstić information content (AvgIpc) is 1.86. The van der Waals surface area contributed by atoms with Crippen molar-refractivity contribution < 1.29 is 14.4 Å². The SMILES string of the molecule is NC(=O)C[C@H](N)C(=O)CC=O. The minimum absolute atomic E-state index is 0.202. The van der Waals surface area contributed by atoms with Gasteiger partial charge < -0.3 is 16.3 Å². The number of carbonyl (C=O) groups excluding carboxylic acids is 3. The van der Waals surface area contributed by atoms with Gasteiger partial charge in [-0.2, -0.15) is 0 Å². The van der Waals surface area contributed by atoms with Crippen LogP contribution in [0.3, 0.4) is 0 Å². The van der Waals surface area contributed by atoms with E-state index in [-0.39, 0.29) is 12.8 Å². The van der Waals surface area contributed by atoms with Crippen LogP contribution in [0.2, 0.25) is 0 Å². The highest BCUT2D eigenvalue weighted by atomic mass is 16.2. The van der Waals surface area contributed by atoms with Gasteiger partial charge in [-0.25, -0.2) is 0 Å². The van der Waals surface area contributed by atoms with Gasteiger partial charge in [0.25, 0.3) is 0 Å². The van der Waals surface area contributed by atoms with Crippen molar-refractivity contribution in [3.05, 3.63) is 0 Å². The van der Waals surface area contributed by atoms with Crippen LogP contribution in [0.25, 0.3) is 0 Å². The number of carbonyl (C=O) groups is 3. The number of nitrogens with two attached hydrogens (primary N) is 2. The first-order valence-corrected chi connectivity index (χ1v) is 3.08. The molecule has 0 unspecified atom stereocenters. The van der Waals surface area contributed by atoms with Gasteiger partial charge >= 0.3 is 0 Å².